The molecule has 1 fully saturated rings. The summed E-state index contributed by atoms with van der Waals surface area (Å²) in [6.45, 7) is 3.35. The molecule has 2 aromatic rings. The lowest BCUT2D eigenvalue weighted by atomic mass is 10.1. The standard InChI is InChI=1S/C18H24N4O/c1-14-19-9-10-22(14)13-16-6-4-5-15(11-16)12-20-18(23)21-17-7-2-3-8-17/h4-6,9-11,17H,2-3,7-8,12-13H2,1H3,(H2,20,21,23). The van der Waals surface area contributed by atoms with E-state index in [4.69, 9.17) is 0 Å². The van der Waals surface area contributed by atoms with E-state index in [0.29, 0.717) is 12.6 Å². The zero-order valence-electron chi connectivity index (χ0n) is 13.6. The Bertz CT molecular complexity index is 659. The van der Waals surface area contributed by atoms with E-state index in [1.54, 1.807) is 0 Å². The van der Waals surface area contributed by atoms with Gasteiger partial charge >= 0.3 is 6.03 Å². The van der Waals surface area contributed by atoms with Gasteiger partial charge in [-0.3, -0.25) is 0 Å². The highest BCUT2D eigenvalue weighted by Gasteiger charge is 2.16. The van der Waals surface area contributed by atoms with Crippen LogP contribution in [0.1, 0.15) is 42.6 Å². The second-order valence-corrected chi connectivity index (χ2v) is 6.23. The van der Waals surface area contributed by atoms with Crippen molar-refractivity contribution in [3.05, 3.63) is 53.6 Å². The smallest absolute Gasteiger partial charge is 0.315 e. The molecule has 0 saturated heterocycles. The third-order valence-corrected chi connectivity index (χ3v) is 4.41. The molecule has 0 spiro atoms. The van der Waals surface area contributed by atoms with Crippen LogP contribution in [-0.2, 0) is 13.1 Å². The van der Waals surface area contributed by atoms with Crippen LogP contribution in [-0.4, -0.2) is 21.6 Å². The zero-order chi connectivity index (χ0) is 16.1. The van der Waals surface area contributed by atoms with Gasteiger partial charge in [-0.2, -0.15) is 0 Å². The molecule has 2 N–H and O–H groups in total. The summed E-state index contributed by atoms with van der Waals surface area (Å²) in [5, 5.41) is 6.00. The van der Waals surface area contributed by atoms with Gasteiger partial charge < -0.3 is 15.2 Å². The van der Waals surface area contributed by atoms with Crippen molar-refractivity contribution in [1.82, 2.24) is 20.2 Å². The molecule has 5 heteroatoms. The number of imidazole rings is 1. The van der Waals surface area contributed by atoms with Gasteiger partial charge in [-0.05, 0) is 30.9 Å². The molecule has 2 amide bonds. The first-order valence-corrected chi connectivity index (χ1v) is 8.30. The Balaban J connectivity index is 1.53. The average Bonchev–Trinajstić information content (AvgIpc) is 3.18. The second-order valence-electron chi connectivity index (χ2n) is 6.23. The molecule has 3 rings (SSSR count). The molecular weight excluding hydrogens is 288 g/mol. The van der Waals surface area contributed by atoms with Crippen molar-refractivity contribution in [2.75, 3.05) is 0 Å². The van der Waals surface area contributed by atoms with Crippen molar-refractivity contribution in [3.8, 4) is 0 Å². The highest BCUT2D eigenvalue weighted by atomic mass is 16.2. The number of aromatic nitrogens is 2. The van der Waals surface area contributed by atoms with E-state index in [1.165, 1.54) is 18.4 Å². The molecular formula is C18H24N4O. The van der Waals surface area contributed by atoms with E-state index in [0.717, 1.165) is 30.8 Å². The predicted molar refractivity (Wildman–Crippen MR) is 90.1 cm³/mol. The van der Waals surface area contributed by atoms with Crippen LogP contribution < -0.4 is 10.6 Å². The van der Waals surface area contributed by atoms with E-state index in [1.807, 2.05) is 31.5 Å². The molecule has 0 bridgehead atoms. The van der Waals surface area contributed by atoms with E-state index < -0.39 is 0 Å². The number of benzene rings is 1. The van der Waals surface area contributed by atoms with Crippen LogP contribution in [0.25, 0.3) is 0 Å². The van der Waals surface area contributed by atoms with E-state index in [9.17, 15) is 4.79 Å². The summed E-state index contributed by atoms with van der Waals surface area (Å²) >= 11 is 0. The van der Waals surface area contributed by atoms with Gasteiger partial charge in [-0.1, -0.05) is 37.1 Å². The quantitative estimate of drug-likeness (QED) is 0.891. The van der Waals surface area contributed by atoms with Crippen LogP contribution in [0.4, 0.5) is 4.79 Å². The summed E-state index contributed by atoms with van der Waals surface area (Å²) in [5.41, 5.74) is 2.32. The SMILES string of the molecule is Cc1nccn1Cc1cccc(CNC(=O)NC2CCCC2)c1. The van der Waals surface area contributed by atoms with Gasteiger partial charge in [0.1, 0.15) is 5.82 Å². The Morgan fingerprint density at radius 2 is 2.09 bits per heavy atom. The number of rotatable bonds is 5. The molecule has 1 aliphatic carbocycles. The molecule has 1 heterocycles. The minimum atomic E-state index is -0.0623. The molecule has 0 aliphatic heterocycles. The monoisotopic (exact) mass is 312 g/mol. The van der Waals surface area contributed by atoms with Gasteiger partial charge in [0.25, 0.3) is 0 Å². The van der Waals surface area contributed by atoms with E-state index >= 15 is 0 Å². The number of nitrogens with zero attached hydrogens (tertiary/aromatic N) is 2. The fourth-order valence-corrected chi connectivity index (χ4v) is 3.09. The summed E-state index contributed by atoms with van der Waals surface area (Å²) in [7, 11) is 0. The van der Waals surface area contributed by atoms with Crippen LogP contribution >= 0.6 is 0 Å². The predicted octanol–water partition coefficient (Wildman–Crippen LogP) is 2.98. The fraction of sp³-hybridized carbons (Fsp3) is 0.444. The number of hydrogen-bond acceptors (Lipinski definition) is 2. The van der Waals surface area contributed by atoms with Crippen molar-refractivity contribution >= 4 is 6.03 Å². The maximum absolute atomic E-state index is 11.9. The van der Waals surface area contributed by atoms with Crippen molar-refractivity contribution < 1.29 is 4.79 Å². The van der Waals surface area contributed by atoms with Gasteiger partial charge in [-0.25, -0.2) is 9.78 Å². The van der Waals surface area contributed by atoms with Crippen molar-refractivity contribution in [1.29, 1.82) is 0 Å². The minimum Gasteiger partial charge on any atom is -0.335 e. The summed E-state index contributed by atoms with van der Waals surface area (Å²) in [6.07, 6.45) is 8.45. The number of amides is 2. The van der Waals surface area contributed by atoms with E-state index in [2.05, 4.69) is 32.3 Å². The number of carbonyl (C=O) groups is 1. The van der Waals surface area contributed by atoms with Gasteiger partial charge in [0.15, 0.2) is 0 Å². The Morgan fingerprint density at radius 3 is 2.83 bits per heavy atom. The van der Waals surface area contributed by atoms with Gasteiger partial charge in [0.2, 0.25) is 0 Å². The maximum Gasteiger partial charge on any atom is 0.315 e. The number of hydrogen-bond donors (Lipinski definition) is 2. The number of aryl methyl sites for hydroxylation is 1. The molecule has 0 radical (unpaired) electrons. The summed E-state index contributed by atoms with van der Waals surface area (Å²) in [4.78, 5) is 16.2. The molecule has 0 atom stereocenters. The topological polar surface area (TPSA) is 59.0 Å². The summed E-state index contributed by atoms with van der Waals surface area (Å²) in [6, 6.07) is 8.60. The van der Waals surface area contributed by atoms with Crippen molar-refractivity contribution in [3.63, 3.8) is 0 Å². The first-order chi connectivity index (χ1) is 11.2. The van der Waals surface area contributed by atoms with Crippen LogP contribution in [0, 0.1) is 6.92 Å². The molecule has 122 valence electrons. The number of nitrogens with one attached hydrogen (secondary N) is 2. The Hall–Kier alpha value is -2.30. The third-order valence-electron chi connectivity index (χ3n) is 4.41. The second kappa shape index (κ2) is 7.31. The van der Waals surface area contributed by atoms with E-state index in [-0.39, 0.29) is 6.03 Å². The lowest BCUT2D eigenvalue weighted by Crippen LogP contribution is -2.40. The van der Waals surface area contributed by atoms with Crippen molar-refractivity contribution in [2.45, 2.75) is 51.7 Å². The molecule has 1 aromatic heterocycles. The van der Waals surface area contributed by atoms with Crippen LogP contribution in [0.2, 0.25) is 0 Å². The summed E-state index contributed by atoms with van der Waals surface area (Å²) in [5.74, 6) is 1.00. The molecule has 1 aromatic carbocycles. The van der Waals surface area contributed by atoms with Gasteiger partial charge in [0.05, 0.1) is 0 Å². The lowest BCUT2D eigenvalue weighted by molar-refractivity contribution is 0.236. The highest BCUT2D eigenvalue weighted by Crippen LogP contribution is 2.17. The highest BCUT2D eigenvalue weighted by molar-refractivity contribution is 5.74. The Morgan fingerprint density at radius 1 is 1.30 bits per heavy atom. The first-order valence-electron chi connectivity index (χ1n) is 8.30. The first kappa shape index (κ1) is 15.6. The Labute approximate surface area is 137 Å². The minimum absolute atomic E-state index is 0.0623. The Kier molecular flexibility index (Phi) is 4.95. The number of urea groups is 1. The summed E-state index contributed by atoms with van der Waals surface area (Å²) < 4.78 is 2.11. The fourth-order valence-electron chi connectivity index (χ4n) is 3.09. The van der Waals surface area contributed by atoms with Crippen LogP contribution in [0.3, 0.4) is 0 Å². The lowest BCUT2D eigenvalue weighted by Gasteiger charge is -2.13. The van der Waals surface area contributed by atoms with Crippen LogP contribution in [0.15, 0.2) is 36.7 Å². The normalized spacial score (nSPS) is 14.8. The zero-order valence-corrected chi connectivity index (χ0v) is 13.6. The molecule has 23 heavy (non-hydrogen) atoms. The van der Waals surface area contributed by atoms with Crippen molar-refractivity contribution in [2.24, 2.45) is 0 Å². The molecule has 1 aliphatic rings. The average molecular weight is 312 g/mol. The molecule has 1 saturated carbocycles. The molecule has 5 nitrogen and oxygen atoms in total. The van der Waals surface area contributed by atoms with Crippen LogP contribution in [0.5, 0.6) is 0 Å². The number of carbonyl (C=O) groups excluding carboxylic acids is 1. The third kappa shape index (κ3) is 4.34. The maximum atomic E-state index is 11.9. The van der Waals surface area contributed by atoms with Gasteiger partial charge in [0, 0.05) is 31.5 Å². The van der Waals surface area contributed by atoms with Gasteiger partial charge in [-0.15, -0.1) is 0 Å². The largest absolute Gasteiger partial charge is 0.335 e. The molecule has 0 unspecified atom stereocenters.